The molecule has 0 unspecified atom stereocenters. The minimum absolute atomic E-state index is 0.811. The maximum Gasteiger partial charge on any atom is 0.150 e. The molecule has 102 valence electrons. The molecule has 5 heteroatoms. The zero-order valence-corrected chi connectivity index (χ0v) is 12.5. The van der Waals surface area contributed by atoms with Gasteiger partial charge in [-0.1, -0.05) is 6.92 Å². The van der Waals surface area contributed by atoms with Crippen molar-refractivity contribution >= 4 is 23.3 Å². The van der Waals surface area contributed by atoms with Crippen LogP contribution in [0, 0.1) is 6.92 Å². The normalized spacial score (nSPS) is 17.4. The van der Waals surface area contributed by atoms with Gasteiger partial charge < -0.3 is 10.6 Å². The summed E-state index contributed by atoms with van der Waals surface area (Å²) < 4.78 is 2.09. The molecule has 4 nitrogen and oxygen atoms in total. The number of nitrogens with two attached hydrogens (primary N) is 1. The van der Waals surface area contributed by atoms with E-state index < -0.39 is 0 Å². The highest BCUT2D eigenvalue weighted by Crippen LogP contribution is 2.31. The van der Waals surface area contributed by atoms with Crippen LogP contribution in [0.4, 0.5) is 11.5 Å². The highest BCUT2D eigenvalue weighted by atomic mass is 32.2. The molecule has 2 N–H and O–H groups in total. The molecule has 0 aromatic carbocycles. The molecule has 1 aliphatic heterocycles. The second kappa shape index (κ2) is 5.87. The first-order chi connectivity index (χ1) is 8.67. The highest BCUT2D eigenvalue weighted by Gasteiger charge is 2.24. The molecule has 0 radical (unpaired) electrons. The average molecular weight is 268 g/mol. The lowest BCUT2D eigenvalue weighted by atomic mass is 10.1. The van der Waals surface area contributed by atoms with Crippen molar-refractivity contribution in [3.8, 4) is 0 Å². The predicted molar refractivity (Wildman–Crippen MR) is 80.4 cm³/mol. The molecular formula is C13H24N4S. The quantitative estimate of drug-likeness (QED) is 0.911. The highest BCUT2D eigenvalue weighted by molar-refractivity contribution is 7.99. The van der Waals surface area contributed by atoms with Crippen LogP contribution in [-0.2, 0) is 6.54 Å². The SMILES string of the molecule is CCCn1nc(C)c(N)c1N1CCC(SC)CC1. The maximum absolute atomic E-state index is 6.20. The molecule has 0 amide bonds. The fourth-order valence-corrected chi connectivity index (χ4v) is 3.27. The largest absolute Gasteiger partial charge is 0.394 e. The number of thioether (sulfide) groups is 1. The summed E-state index contributed by atoms with van der Waals surface area (Å²) in [6.45, 7) is 7.33. The van der Waals surface area contributed by atoms with E-state index in [-0.39, 0.29) is 0 Å². The number of nitrogen functional groups attached to an aromatic ring is 1. The number of hydrogen-bond acceptors (Lipinski definition) is 4. The standard InChI is InChI=1S/C13H24N4S/c1-4-7-17-13(12(14)10(2)15-17)16-8-5-11(18-3)6-9-16/h11H,4-9,14H2,1-3H3. The van der Waals surface area contributed by atoms with Gasteiger partial charge in [0.05, 0.1) is 11.4 Å². The van der Waals surface area contributed by atoms with E-state index in [1.165, 1.54) is 12.8 Å². The fraction of sp³-hybridized carbons (Fsp3) is 0.769. The monoisotopic (exact) mass is 268 g/mol. The van der Waals surface area contributed by atoms with Crippen LogP contribution in [0.15, 0.2) is 0 Å². The van der Waals surface area contributed by atoms with Gasteiger partial charge in [-0.25, -0.2) is 4.68 Å². The molecule has 2 rings (SSSR count). The lowest BCUT2D eigenvalue weighted by Gasteiger charge is -2.33. The number of nitrogens with zero attached hydrogens (tertiary/aromatic N) is 3. The van der Waals surface area contributed by atoms with Gasteiger partial charge in [-0.15, -0.1) is 0 Å². The van der Waals surface area contributed by atoms with Crippen LogP contribution >= 0.6 is 11.8 Å². The number of hydrogen-bond donors (Lipinski definition) is 1. The minimum Gasteiger partial charge on any atom is -0.394 e. The first-order valence-electron chi connectivity index (χ1n) is 6.78. The Morgan fingerprint density at radius 2 is 2.06 bits per heavy atom. The van der Waals surface area contributed by atoms with Gasteiger partial charge in [0, 0.05) is 24.9 Å². The molecule has 1 saturated heterocycles. The molecule has 18 heavy (non-hydrogen) atoms. The van der Waals surface area contributed by atoms with Crippen molar-refractivity contribution in [2.45, 2.75) is 44.9 Å². The molecular weight excluding hydrogens is 244 g/mol. The van der Waals surface area contributed by atoms with Crippen LogP contribution in [0.3, 0.4) is 0 Å². The van der Waals surface area contributed by atoms with Gasteiger partial charge in [-0.05, 0) is 32.4 Å². The molecule has 2 heterocycles. The maximum atomic E-state index is 6.20. The Labute approximate surface area is 114 Å². The van der Waals surface area contributed by atoms with E-state index in [2.05, 4.69) is 27.9 Å². The fourth-order valence-electron chi connectivity index (χ4n) is 2.59. The second-order valence-electron chi connectivity index (χ2n) is 4.97. The summed E-state index contributed by atoms with van der Waals surface area (Å²) in [5, 5.41) is 5.37. The van der Waals surface area contributed by atoms with E-state index in [1.54, 1.807) is 0 Å². The summed E-state index contributed by atoms with van der Waals surface area (Å²) in [7, 11) is 0. The third-order valence-corrected chi connectivity index (χ3v) is 4.79. The average Bonchev–Trinajstić information content (AvgIpc) is 2.66. The van der Waals surface area contributed by atoms with Crippen molar-refractivity contribution in [2.75, 3.05) is 30.0 Å². The Morgan fingerprint density at radius 1 is 1.39 bits per heavy atom. The van der Waals surface area contributed by atoms with E-state index in [1.807, 2.05) is 18.7 Å². The molecule has 1 aromatic rings. The topological polar surface area (TPSA) is 47.1 Å². The number of piperidine rings is 1. The van der Waals surface area contributed by atoms with Crippen molar-refractivity contribution in [3.63, 3.8) is 0 Å². The van der Waals surface area contributed by atoms with E-state index in [0.29, 0.717) is 0 Å². The van der Waals surface area contributed by atoms with Crippen LogP contribution < -0.4 is 10.6 Å². The molecule has 1 fully saturated rings. The Bertz CT molecular complexity index is 394. The van der Waals surface area contributed by atoms with Crippen LogP contribution in [0.2, 0.25) is 0 Å². The van der Waals surface area contributed by atoms with Gasteiger partial charge in [0.1, 0.15) is 0 Å². The summed E-state index contributed by atoms with van der Waals surface area (Å²) in [5.74, 6) is 1.15. The van der Waals surface area contributed by atoms with Crippen LogP contribution in [0.5, 0.6) is 0 Å². The summed E-state index contributed by atoms with van der Waals surface area (Å²) in [6.07, 6.45) is 5.79. The third-order valence-electron chi connectivity index (χ3n) is 3.66. The smallest absolute Gasteiger partial charge is 0.150 e. The van der Waals surface area contributed by atoms with Crippen molar-refractivity contribution in [3.05, 3.63) is 5.69 Å². The van der Waals surface area contributed by atoms with Crippen molar-refractivity contribution in [1.29, 1.82) is 0 Å². The van der Waals surface area contributed by atoms with Crippen molar-refractivity contribution in [1.82, 2.24) is 9.78 Å². The Hall–Kier alpha value is -0.840. The van der Waals surface area contributed by atoms with Crippen molar-refractivity contribution < 1.29 is 0 Å². The van der Waals surface area contributed by atoms with Gasteiger partial charge in [0.25, 0.3) is 0 Å². The van der Waals surface area contributed by atoms with E-state index >= 15 is 0 Å². The Kier molecular flexibility index (Phi) is 4.43. The predicted octanol–water partition coefficient (Wildman–Crippen LogP) is 2.52. The van der Waals surface area contributed by atoms with E-state index in [4.69, 9.17) is 5.73 Å². The van der Waals surface area contributed by atoms with Gasteiger partial charge in [0.15, 0.2) is 5.82 Å². The van der Waals surface area contributed by atoms with Crippen LogP contribution in [0.25, 0.3) is 0 Å². The Morgan fingerprint density at radius 3 is 2.61 bits per heavy atom. The summed E-state index contributed by atoms with van der Waals surface area (Å²) in [5.41, 5.74) is 8.03. The summed E-state index contributed by atoms with van der Waals surface area (Å²) >= 11 is 1.99. The molecule has 0 aliphatic carbocycles. The van der Waals surface area contributed by atoms with E-state index in [0.717, 1.165) is 48.5 Å². The number of anilines is 2. The van der Waals surface area contributed by atoms with Gasteiger partial charge in [-0.3, -0.25) is 0 Å². The zero-order valence-electron chi connectivity index (χ0n) is 11.6. The van der Waals surface area contributed by atoms with Crippen LogP contribution in [-0.4, -0.2) is 34.4 Å². The first-order valence-corrected chi connectivity index (χ1v) is 8.06. The lowest BCUT2D eigenvalue weighted by molar-refractivity contribution is 0.544. The molecule has 0 bridgehead atoms. The third kappa shape index (κ3) is 2.60. The van der Waals surface area contributed by atoms with E-state index in [9.17, 15) is 0 Å². The lowest BCUT2D eigenvalue weighted by Crippen LogP contribution is -2.36. The first kappa shape index (κ1) is 13.6. The molecule has 1 aromatic heterocycles. The van der Waals surface area contributed by atoms with Crippen LogP contribution in [0.1, 0.15) is 31.9 Å². The summed E-state index contributed by atoms with van der Waals surface area (Å²) in [4.78, 5) is 2.41. The summed E-state index contributed by atoms with van der Waals surface area (Å²) in [6, 6.07) is 0. The zero-order chi connectivity index (χ0) is 13.1. The molecule has 0 spiro atoms. The van der Waals surface area contributed by atoms with Crippen molar-refractivity contribution in [2.24, 2.45) is 0 Å². The molecule has 1 aliphatic rings. The van der Waals surface area contributed by atoms with Gasteiger partial charge >= 0.3 is 0 Å². The second-order valence-corrected chi connectivity index (χ2v) is 6.11. The number of rotatable bonds is 4. The molecule has 0 atom stereocenters. The van der Waals surface area contributed by atoms with Gasteiger partial charge in [0.2, 0.25) is 0 Å². The Balaban J connectivity index is 2.17. The van der Waals surface area contributed by atoms with Gasteiger partial charge in [-0.2, -0.15) is 16.9 Å². The number of aryl methyl sites for hydroxylation is 2. The number of aromatic nitrogens is 2. The minimum atomic E-state index is 0.811. The molecule has 0 saturated carbocycles.